The molecule has 2 N–H and O–H groups in total. The number of hydrogen-bond donors (Lipinski definition) is 2. The van der Waals surface area contributed by atoms with E-state index in [0.717, 1.165) is 0 Å². The van der Waals surface area contributed by atoms with Gasteiger partial charge in [-0.1, -0.05) is 6.07 Å². The summed E-state index contributed by atoms with van der Waals surface area (Å²) in [5, 5.41) is 11.2. The number of benzene rings is 1. The highest BCUT2D eigenvalue weighted by Crippen LogP contribution is 2.11. The van der Waals surface area contributed by atoms with Crippen LogP contribution in [0.3, 0.4) is 0 Å². The van der Waals surface area contributed by atoms with Crippen LogP contribution in [0.15, 0.2) is 24.3 Å². The van der Waals surface area contributed by atoms with E-state index in [9.17, 15) is 14.0 Å². The Kier molecular flexibility index (Phi) is 5.96. The second-order valence-corrected chi connectivity index (χ2v) is 4.72. The van der Waals surface area contributed by atoms with Gasteiger partial charge in [-0.2, -0.15) is 0 Å². The van der Waals surface area contributed by atoms with Gasteiger partial charge in [-0.15, -0.1) is 0 Å². The Morgan fingerprint density at radius 2 is 2.10 bits per heavy atom. The summed E-state index contributed by atoms with van der Waals surface area (Å²) in [4.78, 5) is 24.1. The fourth-order valence-electron chi connectivity index (χ4n) is 1.76. The summed E-state index contributed by atoms with van der Waals surface area (Å²) in [6.45, 7) is 4.02. The van der Waals surface area contributed by atoms with Crippen LogP contribution in [-0.2, 0) is 4.79 Å². The Morgan fingerprint density at radius 3 is 2.65 bits per heavy atom. The Balaban J connectivity index is 2.62. The molecule has 0 bridgehead atoms. The first-order chi connectivity index (χ1) is 9.40. The largest absolute Gasteiger partial charge is 0.481 e. The molecule has 0 aliphatic heterocycles. The molecule has 1 rings (SSSR count). The fraction of sp³-hybridized carbons (Fsp3) is 0.429. The predicted molar refractivity (Wildman–Crippen MR) is 74.1 cm³/mol. The van der Waals surface area contributed by atoms with Crippen molar-refractivity contribution in [3.63, 3.8) is 0 Å². The lowest BCUT2D eigenvalue weighted by Gasteiger charge is -2.26. The number of carboxylic acid groups (broad SMARTS) is 1. The summed E-state index contributed by atoms with van der Waals surface area (Å²) in [6.07, 6.45) is 0.389. The van der Waals surface area contributed by atoms with Gasteiger partial charge in [0.2, 0.25) is 0 Å². The first-order valence-corrected chi connectivity index (χ1v) is 6.45. The monoisotopic (exact) mass is 282 g/mol. The molecule has 0 aromatic heterocycles. The van der Waals surface area contributed by atoms with Gasteiger partial charge in [0.1, 0.15) is 5.82 Å². The number of nitrogens with one attached hydrogen (secondary N) is 1. The average molecular weight is 282 g/mol. The highest BCUT2D eigenvalue weighted by atomic mass is 19.1. The van der Waals surface area contributed by atoms with Gasteiger partial charge in [-0.25, -0.2) is 9.18 Å². The number of carboxylic acids is 1. The highest BCUT2D eigenvalue weighted by molar-refractivity contribution is 5.89. The lowest BCUT2D eigenvalue weighted by Crippen LogP contribution is -2.40. The zero-order valence-electron chi connectivity index (χ0n) is 11.6. The smallest absolute Gasteiger partial charge is 0.322 e. The van der Waals surface area contributed by atoms with E-state index < -0.39 is 11.8 Å². The second-order valence-electron chi connectivity index (χ2n) is 4.72. The third kappa shape index (κ3) is 5.26. The lowest BCUT2D eigenvalue weighted by molar-refractivity contribution is -0.137. The SMILES string of the molecule is CC(C)N(CCCC(=O)O)C(=O)Nc1cccc(F)c1. The average Bonchev–Trinajstić information content (AvgIpc) is 2.33. The van der Waals surface area contributed by atoms with Crippen molar-refractivity contribution in [1.29, 1.82) is 0 Å². The topological polar surface area (TPSA) is 69.6 Å². The number of aliphatic carboxylic acids is 1. The molecule has 0 saturated carbocycles. The third-order valence-electron chi connectivity index (χ3n) is 2.75. The van der Waals surface area contributed by atoms with E-state index in [1.807, 2.05) is 13.8 Å². The molecule has 0 radical (unpaired) electrons. The van der Waals surface area contributed by atoms with Gasteiger partial charge >= 0.3 is 12.0 Å². The molecule has 0 atom stereocenters. The first kappa shape index (κ1) is 15.9. The number of anilines is 1. The number of rotatable bonds is 6. The molecule has 6 heteroatoms. The number of halogens is 1. The van der Waals surface area contributed by atoms with Crippen LogP contribution >= 0.6 is 0 Å². The first-order valence-electron chi connectivity index (χ1n) is 6.45. The van der Waals surface area contributed by atoms with Gasteiger partial charge in [-0.05, 0) is 38.5 Å². The van der Waals surface area contributed by atoms with E-state index >= 15 is 0 Å². The summed E-state index contributed by atoms with van der Waals surface area (Å²) in [5.41, 5.74) is 0.374. The van der Waals surface area contributed by atoms with Crippen LogP contribution in [0, 0.1) is 5.82 Å². The molecule has 0 unspecified atom stereocenters. The van der Waals surface area contributed by atoms with E-state index in [4.69, 9.17) is 5.11 Å². The number of carbonyl (C=O) groups is 2. The molecule has 0 heterocycles. The number of amides is 2. The maximum atomic E-state index is 13.0. The summed E-state index contributed by atoms with van der Waals surface area (Å²) in [6, 6.07) is 5.19. The molecule has 110 valence electrons. The number of urea groups is 1. The molecule has 1 aromatic rings. The van der Waals surface area contributed by atoms with Crippen molar-refractivity contribution in [2.75, 3.05) is 11.9 Å². The number of nitrogens with zero attached hydrogens (tertiary/aromatic N) is 1. The molecule has 1 aromatic carbocycles. The van der Waals surface area contributed by atoms with Crippen molar-refractivity contribution >= 4 is 17.7 Å². The van der Waals surface area contributed by atoms with Crippen molar-refractivity contribution in [2.24, 2.45) is 0 Å². The zero-order chi connectivity index (χ0) is 15.1. The molecule has 20 heavy (non-hydrogen) atoms. The van der Waals surface area contributed by atoms with E-state index in [1.165, 1.54) is 23.1 Å². The van der Waals surface area contributed by atoms with Crippen molar-refractivity contribution in [3.8, 4) is 0 Å². The van der Waals surface area contributed by atoms with Gasteiger partial charge < -0.3 is 15.3 Å². The van der Waals surface area contributed by atoms with Gasteiger partial charge in [0.15, 0.2) is 0 Å². The number of carbonyl (C=O) groups excluding carboxylic acids is 1. The van der Waals surface area contributed by atoms with Crippen LogP contribution < -0.4 is 5.32 Å². The summed E-state index contributed by atoms with van der Waals surface area (Å²) in [7, 11) is 0. The van der Waals surface area contributed by atoms with Crippen LogP contribution in [0.25, 0.3) is 0 Å². The molecule has 0 aliphatic rings. The van der Waals surface area contributed by atoms with Crippen LogP contribution in [0.5, 0.6) is 0 Å². The minimum Gasteiger partial charge on any atom is -0.481 e. The van der Waals surface area contributed by atoms with Crippen LogP contribution in [0.2, 0.25) is 0 Å². The Morgan fingerprint density at radius 1 is 1.40 bits per heavy atom. The van der Waals surface area contributed by atoms with Gasteiger partial charge in [0.05, 0.1) is 0 Å². The van der Waals surface area contributed by atoms with Crippen molar-refractivity contribution in [3.05, 3.63) is 30.1 Å². The lowest BCUT2D eigenvalue weighted by atomic mass is 10.2. The van der Waals surface area contributed by atoms with Gasteiger partial charge in [0.25, 0.3) is 0 Å². The Hall–Kier alpha value is -2.11. The summed E-state index contributed by atoms with van der Waals surface area (Å²) >= 11 is 0. The fourth-order valence-corrected chi connectivity index (χ4v) is 1.76. The highest BCUT2D eigenvalue weighted by Gasteiger charge is 2.17. The molecule has 0 saturated heterocycles. The summed E-state index contributed by atoms with van der Waals surface area (Å²) < 4.78 is 13.0. The van der Waals surface area contributed by atoms with E-state index in [1.54, 1.807) is 6.07 Å². The second kappa shape index (κ2) is 7.47. The molecule has 0 spiro atoms. The molecule has 5 nitrogen and oxygen atoms in total. The molecule has 2 amide bonds. The maximum Gasteiger partial charge on any atom is 0.322 e. The maximum absolute atomic E-state index is 13.0. The normalized spacial score (nSPS) is 10.4. The van der Waals surface area contributed by atoms with E-state index in [2.05, 4.69) is 5.32 Å². The number of hydrogen-bond acceptors (Lipinski definition) is 2. The standard InChI is InChI=1S/C14H19FN2O3/c1-10(2)17(8-4-7-13(18)19)14(20)16-12-6-3-5-11(15)9-12/h3,5-6,9-10H,4,7-8H2,1-2H3,(H,16,20)(H,18,19). The van der Waals surface area contributed by atoms with Crippen LogP contribution in [-0.4, -0.2) is 34.6 Å². The van der Waals surface area contributed by atoms with Crippen LogP contribution in [0.4, 0.5) is 14.9 Å². The Labute approximate surface area is 117 Å². The van der Waals surface area contributed by atoms with Crippen molar-refractivity contribution in [2.45, 2.75) is 32.7 Å². The molecular weight excluding hydrogens is 263 g/mol. The summed E-state index contributed by atoms with van der Waals surface area (Å²) in [5.74, 6) is -1.32. The molecular formula is C14H19FN2O3. The quantitative estimate of drug-likeness (QED) is 0.842. The Bertz CT molecular complexity index is 477. The van der Waals surface area contributed by atoms with Crippen molar-refractivity contribution < 1.29 is 19.1 Å². The van der Waals surface area contributed by atoms with Gasteiger partial charge in [0, 0.05) is 24.7 Å². The minimum atomic E-state index is -0.890. The van der Waals surface area contributed by atoms with E-state index in [-0.39, 0.29) is 18.5 Å². The molecule has 0 fully saturated rings. The minimum absolute atomic E-state index is 0.0104. The zero-order valence-corrected chi connectivity index (χ0v) is 11.6. The van der Waals surface area contributed by atoms with Crippen molar-refractivity contribution in [1.82, 2.24) is 4.90 Å². The predicted octanol–water partition coefficient (Wildman–Crippen LogP) is 2.93. The van der Waals surface area contributed by atoms with E-state index in [0.29, 0.717) is 18.7 Å². The molecule has 0 aliphatic carbocycles. The third-order valence-corrected chi connectivity index (χ3v) is 2.75. The van der Waals surface area contributed by atoms with Gasteiger partial charge in [-0.3, -0.25) is 4.79 Å². The van der Waals surface area contributed by atoms with Crippen LogP contribution in [0.1, 0.15) is 26.7 Å².